The minimum Gasteiger partial charge on any atom is -0.478 e. The van der Waals surface area contributed by atoms with Gasteiger partial charge >= 0.3 is 5.97 Å². The second-order valence-electron chi connectivity index (χ2n) is 4.33. The summed E-state index contributed by atoms with van der Waals surface area (Å²) in [6, 6.07) is 5.28. The van der Waals surface area contributed by atoms with Crippen molar-refractivity contribution in [2.24, 2.45) is 0 Å². The van der Waals surface area contributed by atoms with Crippen molar-refractivity contribution >= 4 is 33.7 Å². The normalized spacial score (nSPS) is 16.3. The summed E-state index contributed by atoms with van der Waals surface area (Å²) in [5.41, 5.74) is 1.53. The largest absolute Gasteiger partial charge is 0.478 e. The molecule has 2 rings (SSSR count). The van der Waals surface area contributed by atoms with E-state index in [2.05, 4.69) is 15.9 Å². The van der Waals surface area contributed by atoms with Crippen molar-refractivity contribution in [2.75, 3.05) is 0 Å². The van der Waals surface area contributed by atoms with E-state index in [0.29, 0.717) is 5.56 Å². The molecule has 4 heteroatoms. The minimum atomic E-state index is -0.874. The molecule has 0 saturated heterocycles. The average Bonchev–Trinajstić information content (AvgIpc) is 2.80. The SMILES string of the molecule is O=C(O)c1ccc(CSC2CCCC2)c(Br)c1. The summed E-state index contributed by atoms with van der Waals surface area (Å²) in [7, 11) is 0. The third-order valence-corrected chi connectivity index (χ3v) is 5.24. The molecule has 0 atom stereocenters. The van der Waals surface area contributed by atoms with Crippen LogP contribution in [0.5, 0.6) is 0 Å². The number of thioether (sulfide) groups is 1. The molecule has 1 aromatic carbocycles. The van der Waals surface area contributed by atoms with Crippen molar-refractivity contribution in [3.05, 3.63) is 33.8 Å². The first-order chi connectivity index (χ1) is 8.16. The van der Waals surface area contributed by atoms with Gasteiger partial charge in [0.15, 0.2) is 0 Å². The summed E-state index contributed by atoms with van der Waals surface area (Å²) in [6.45, 7) is 0. The van der Waals surface area contributed by atoms with E-state index >= 15 is 0 Å². The zero-order chi connectivity index (χ0) is 12.3. The maximum atomic E-state index is 10.8. The molecule has 2 nitrogen and oxygen atoms in total. The minimum absolute atomic E-state index is 0.339. The Morgan fingerprint density at radius 1 is 1.41 bits per heavy atom. The van der Waals surface area contributed by atoms with Gasteiger partial charge in [-0.05, 0) is 30.5 Å². The quantitative estimate of drug-likeness (QED) is 0.899. The van der Waals surface area contributed by atoms with Crippen molar-refractivity contribution in [1.29, 1.82) is 0 Å². The molecule has 1 N–H and O–H groups in total. The fraction of sp³-hybridized carbons (Fsp3) is 0.462. The van der Waals surface area contributed by atoms with Gasteiger partial charge in [0.05, 0.1) is 5.56 Å². The number of carbonyl (C=O) groups is 1. The first-order valence-electron chi connectivity index (χ1n) is 5.80. The summed E-state index contributed by atoms with van der Waals surface area (Å²) in [6.07, 6.45) is 5.37. The number of hydrogen-bond acceptors (Lipinski definition) is 2. The van der Waals surface area contributed by atoms with Crippen LogP contribution in [-0.2, 0) is 5.75 Å². The van der Waals surface area contributed by atoms with E-state index in [1.54, 1.807) is 12.1 Å². The van der Waals surface area contributed by atoms with Gasteiger partial charge in [-0.1, -0.05) is 34.8 Å². The maximum absolute atomic E-state index is 10.8. The summed E-state index contributed by atoms with van der Waals surface area (Å²) in [4.78, 5) is 10.8. The van der Waals surface area contributed by atoms with Gasteiger partial charge in [0.2, 0.25) is 0 Å². The van der Waals surface area contributed by atoms with Gasteiger partial charge in [0.1, 0.15) is 0 Å². The van der Waals surface area contributed by atoms with Crippen LogP contribution in [0.4, 0.5) is 0 Å². The van der Waals surface area contributed by atoms with Crippen LogP contribution in [0, 0.1) is 0 Å². The van der Waals surface area contributed by atoms with Crippen molar-refractivity contribution < 1.29 is 9.90 Å². The number of rotatable bonds is 4. The molecule has 0 radical (unpaired) electrons. The molecular weight excluding hydrogens is 300 g/mol. The Labute approximate surface area is 114 Å². The van der Waals surface area contributed by atoms with E-state index < -0.39 is 5.97 Å². The Bertz CT molecular complexity index is 414. The van der Waals surface area contributed by atoms with Gasteiger partial charge in [-0.25, -0.2) is 4.79 Å². The number of carboxylic acid groups (broad SMARTS) is 1. The van der Waals surface area contributed by atoms with E-state index in [1.165, 1.54) is 31.2 Å². The molecule has 92 valence electrons. The molecule has 0 aliphatic heterocycles. The molecule has 0 heterocycles. The third kappa shape index (κ3) is 3.49. The van der Waals surface area contributed by atoms with Crippen LogP contribution in [0.15, 0.2) is 22.7 Å². The van der Waals surface area contributed by atoms with Gasteiger partial charge in [-0.15, -0.1) is 0 Å². The second kappa shape index (κ2) is 5.91. The molecule has 1 aromatic rings. The fourth-order valence-electron chi connectivity index (χ4n) is 2.06. The Morgan fingerprint density at radius 3 is 2.71 bits per heavy atom. The van der Waals surface area contributed by atoms with Crippen LogP contribution in [-0.4, -0.2) is 16.3 Å². The van der Waals surface area contributed by atoms with E-state index in [1.807, 2.05) is 17.8 Å². The van der Waals surface area contributed by atoms with E-state index in [0.717, 1.165) is 15.5 Å². The molecule has 1 saturated carbocycles. The highest BCUT2D eigenvalue weighted by molar-refractivity contribution is 9.10. The molecule has 0 aromatic heterocycles. The van der Waals surface area contributed by atoms with E-state index in [9.17, 15) is 4.79 Å². The summed E-state index contributed by atoms with van der Waals surface area (Å²) in [5.74, 6) is 0.0891. The lowest BCUT2D eigenvalue weighted by molar-refractivity contribution is 0.0697. The van der Waals surface area contributed by atoms with Gasteiger partial charge in [0, 0.05) is 15.5 Å². The van der Waals surface area contributed by atoms with Gasteiger partial charge < -0.3 is 5.11 Å². The molecule has 0 spiro atoms. The average molecular weight is 315 g/mol. The van der Waals surface area contributed by atoms with Crippen molar-refractivity contribution in [2.45, 2.75) is 36.7 Å². The lowest BCUT2D eigenvalue weighted by Crippen LogP contribution is -1.98. The standard InChI is InChI=1S/C13H15BrO2S/c14-12-7-9(13(15)16)5-6-10(12)8-17-11-3-1-2-4-11/h5-7,11H,1-4,8H2,(H,15,16). The van der Waals surface area contributed by atoms with Crippen LogP contribution >= 0.6 is 27.7 Å². The van der Waals surface area contributed by atoms with Crippen molar-refractivity contribution in [3.63, 3.8) is 0 Å². The Morgan fingerprint density at radius 2 is 2.12 bits per heavy atom. The highest BCUT2D eigenvalue weighted by atomic mass is 79.9. The fourth-order valence-corrected chi connectivity index (χ4v) is 4.10. The first kappa shape index (κ1) is 13.0. The Kier molecular flexibility index (Phi) is 4.51. The van der Waals surface area contributed by atoms with Gasteiger partial charge in [0.25, 0.3) is 0 Å². The molecule has 1 aliphatic rings. The third-order valence-electron chi connectivity index (χ3n) is 3.08. The zero-order valence-electron chi connectivity index (χ0n) is 9.49. The van der Waals surface area contributed by atoms with Crippen LogP contribution in [0.1, 0.15) is 41.6 Å². The predicted molar refractivity (Wildman–Crippen MR) is 74.7 cm³/mol. The number of aromatic carboxylic acids is 1. The molecule has 0 bridgehead atoms. The highest BCUT2D eigenvalue weighted by Crippen LogP contribution is 2.33. The van der Waals surface area contributed by atoms with E-state index in [4.69, 9.17) is 5.11 Å². The van der Waals surface area contributed by atoms with Gasteiger partial charge in [-0.3, -0.25) is 0 Å². The monoisotopic (exact) mass is 314 g/mol. The molecule has 0 amide bonds. The number of benzene rings is 1. The summed E-state index contributed by atoms with van der Waals surface area (Å²) in [5, 5.41) is 9.67. The molecule has 1 aliphatic carbocycles. The maximum Gasteiger partial charge on any atom is 0.335 e. The Balaban J connectivity index is 1.98. The first-order valence-corrected chi connectivity index (χ1v) is 7.64. The number of hydrogen-bond donors (Lipinski definition) is 1. The van der Waals surface area contributed by atoms with Crippen LogP contribution in [0.3, 0.4) is 0 Å². The number of carboxylic acids is 1. The van der Waals surface area contributed by atoms with E-state index in [-0.39, 0.29) is 0 Å². The second-order valence-corrected chi connectivity index (χ2v) is 6.47. The number of halogens is 1. The smallest absolute Gasteiger partial charge is 0.335 e. The predicted octanol–water partition coefficient (Wildman–Crippen LogP) is 4.32. The van der Waals surface area contributed by atoms with Crippen LogP contribution in [0.25, 0.3) is 0 Å². The van der Waals surface area contributed by atoms with Crippen molar-refractivity contribution in [1.82, 2.24) is 0 Å². The lowest BCUT2D eigenvalue weighted by atomic mass is 10.1. The van der Waals surface area contributed by atoms with Crippen molar-refractivity contribution in [3.8, 4) is 0 Å². The highest BCUT2D eigenvalue weighted by Gasteiger charge is 2.16. The molecule has 1 fully saturated rings. The molecule has 17 heavy (non-hydrogen) atoms. The van der Waals surface area contributed by atoms with Crippen LogP contribution in [0.2, 0.25) is 0 Å². The van der Waals surface area contributed by atoms with Gasteiger partial charge in [-0.2, -0.15) is 11.8 Å². The molecule has 0 unspecified atom stereocenters. The topological polar surface area (TPSA) is 37.3 Å². The lowest BCUT2D eigenvalue weighted by Gasteiger charge is -2.10. The van der Waals surface area contributed by atoms with Crippen LogP contribution < -0.4 is 0 Å². The zero-order valence-corrected chi connectivity index (χ0v) is 11.9. The summed E-state index contributed by atoms with van der Waals surface area (Å²) < 4.78 is 0.905. The Hall–Kier alpha value is -0.480. The summed E-state index contributed by atoms with van der Waals surface area (Å²) >= 11 is 5.44. The molecular formula is C13H15BrO2S.